The van der Waals surface area contributed by atoms with E-state index in [1.165, 1.54) is 4.90 Å². The van der Waals surface area contributed by atoms with E-state index in [-0.39, 0.29) is 11.8 Å². The summed E-state index contributed by atoms with van der Waals surface area (Å²) < 4.78 is 0. The zero-order chi connectivity index (χ0) is 24.3. The molecule has 1 aliphatic rings. The predicted molar refractivity (Wildman–Crippen MR) is 125 cm³/mol. The van der Waals surface area contributed by atoms with Crippen LogP contribution in [0.5, 0.6) is 0 Å². The molecule has 10 nitrogen and oxygen atoms in total. The van der Waals surface area contributed by atoms with E-state index in [1.807, 2.05) is 6.26 Å². The van der Waals surface area contributed by atoms with Crippen LogP contribution < -0.4 is 22.1 Å². The van der Waals surface area contributed by atoms with Gasteiger partial charge in [-0.15, -0.1) is 0 Å². The van der Waals surface area contributed by atoms with Gasteiger partial charge in [0.2, 0.25) is 17.7 Å². The first-order valence-electron chi connectivity index (χ1n) is 11.2. The van der Waals surface area contributed by atoms with E-state index in [9.17, 15) is 24.3 Å². The van der Waals surface area contributed by atoms with Gasteiger partial charge in [0.05, 0.1) is 6.04 Å². The first-order chi connectivity index (χ1) is 15.1. The lowest BCUT2D eigenvalue weighted by Crippen LogP contribution is -2.57. The topological polar surface area (TPSA) is 168 Å². The molecule has 0 aromatic carbocycles. The average molecular weight is 474 g/mol. The van der Waals surface area contributed by atoms with Crippen molar-refractivity contribution < 1.29 is 24.3 Å². The van der Waals surface area contributed by atoms with Gasteiger partial charge in [-0.3, -0.25) is 14.4 Å². The lowest BCUT2D eigenvalue weighted by atomic mass is 10.0. The molecule has 1 rings (SSSR count). The molecule has 11 heteroatoms. The SMILES string of the molecule is CSCCC(N)C(=O)NC(CCCCN)C(=O)N1CCCC1C(=O)NC(C(=O)O)C(C)C. The quantitative estimate of drug-likeness (QED) is 0.218. The fourth-order valence-electron chi connectivity index (χ4n) is 3.67. The van der Waals surface area contributed by atoms with Crippen LogP contribution in [0.3, 0.4) is 0 Å². The Morgan fingerprint density at radius 3 is 2.41 bits per heavy atom. The van der Waals surface area contributed by atoms with Crippen molar-refractivity contribution in [3.05, 3.63) is 0 Å². The molecule has 0 radical (unpaired) electrons. The number of nitrogens with one attached hydrogen (secondary N) is 2. The minimum Gasteiger partial charge on any atom is -0.480 e. The smallest absolute Gasteiger partial charge is 0.326 e. The summed E-state index contributed by atoms with van der Waals surface area (Å²) in [5.74, 6) is -1.91. The summed E-state index contributed by atoms with van der Waals surface area (Å²) in [6.45, 7) is 4.26. The zero-order valence-corrected chi connectivity index (χ0v) is 20.2. The van der Waals surface area contributed by atoms with E-state index in [1.54, 1.807) is 25.6 Å². The Bertz CT molecular complexity index is 648. The van der Waals surface area contributed by atoms with Crippen molar-refractivity contribution in [1.29, 1.82) is 0 Å². The molecule has 32 heavy (non-hydrogen) atoms. The molecule has 1 heterocycles. The maximum absolute atomic E-state index is 13.3. The molecule has 7 N–H and O–H groups in total. The Labute approximate surface area is 194 Å². The van der Waals surface area contributed by atoms with Crippen LogP contribution in [0.25, 0.3) is 0 Å². The van der Waals surface area contributed by atoms with Gasteiger partial charge in [0.1, 0.15) is 18.1 Å². The van der Waals surface area contributed by atoms with E-state index in [0.29, 0.717) is 51.6 Å². The molecule has 1 saturated heterocycles. The van der Waals surface area contributed by atoms with Crippen molar-refractivity contribution in [2.75, 3.05) is 25.1 Å². The predicted octanol–water partition coefficient (Wildman–Crippen LogP) is -0.103. The first kappa shape index (κ1) is 28.2. The summed E-state index contributed by atoms with van der Waals surface area (Å²) >= 11 is 1.59. The van der Waals surface area contributed by atoms with Crippen LogP contribution in [0.15, 0.2) is 0 Å². The van der Waals surface area contributed by atoms with Gasteiger partial charge < -0.3 is 32.1 Å². The van der Waals surface area contributed by atoms with Gasteiger partial charge in [-0.2, -0.15) is 11.8 Å². The summed E-state index contributed by atoms with van der Waals surface area (Å²) in [6.07, 6.45) is 5.24. The highest BCUT2D eigenvalue weighted by molar-refractivity contribution is 7.98. The zero-order valence-electron chi connectivity index (χ0n) is 19.3. The van der Waals surface area contributed by atoms with Crippen LogP contribution in [0.2, 0.25) is 0 Å². The highest BCUT2D eigenvalue weighted by Gasteiger charge is 2.39. The van der Waals surface area contributed by atoms with Crippen molar-refractivity contribution in [1.82, 2.24) is 15.5 Å². The third-order valence-corrected chi connectivity index (χ3v) is 6.24. The van der Waals surface area contributed by atoms with Gasteiger partial charge in [-0.25, -0.2) is 4.79 Å². The number of hydrogen-bond acceptors (Lipinski definition) is 7. The molecule has 0 spiro atoms. The third kappa shape index (κ3) is 8.59. The number of amides is 3. The van der Waals surface area contributed by atoms with Crippen molar-refractivity contribution >= 4 is 35.5 Å². The number of aliphatic carboxylic acids is 1. The largest absolute Gasteiger partial charge is 0.480 e. The summed E-state index contributed by atoms with van der Waals surface area (Å²) in [4.78, 5) is 51.6. The fourth-order valence-corrected chi connectivity index (χ4v) is 4.16. The first-order valence-corrected chi connectivity index (χ1v) is 12.6. The Morgan fingerprint density at radius 1 is 1.16 bits per heavy atom. The van der Waals surface area contributed by atoms with E-state index < -0.39 is 42.0 Å². The number of likely N-dealkylation sites (tertiary alicyclic amines) is 1. The molecule has 184 valence electrons. The lowest BCUT2D eigenvalue weighted by Gasteiger charge is -2.30. The number of carboxylic acids is 1. The Morgan fingerprint density at radius 2 is 1.84 bits per heavy atom. The lowest BCUT2D eigenvalue weighted by molar-refractivity contribution is -0.145. The number of nitrogens with two attached hydrogens (primary N) is 2. The van der Waals surface area contributed by atoms with E-state index in [0.717, 1.165) is 5.75 Å². The highest BCUT2D eigenvalue weighted by Crippen LogP contribution is 2.21. The summed E-state index contributed by atoms with van der Waals surface area (Å²) in [5, 5.41) is 14.7. The van der Waals surface area contributed by atoms with Gasteiger partial charge >= 0.3 is 5.97 Å². The molecule has 4 unspecified atom stereocenters. The van der Waals surface area contributed by atoms with E-state index in [4.69, 9.17) is 11.5 Å². The minimum absolute atomic E-state index is 0.298. The average Bonchev–Trinajstić information content (AvgIpc) is 3.23. The second-order valence-electron chi connectivity index (χ2n) is 8.49. The van der Waals surface area contributed by atoms with Gasteiger partial charge in [0.15, 0.2) is 0 Å². The maximum atomic E-state index is 13.3. The Balaban J connectivity index is 2.92. The fraction of sp³-hybridized carbons (Fsp3) is 0.810. The van der Waals surface area contributed by atoms with Gasteiger partial charge in [0, 0.05) is 6.54 Å². The number of thioether (sulfide) groups is 1. The van der Waals surface area contributed by atoms with Gasteiger partial charge in [0.25, 0.3) is 0 Å². The molecule has 3 amide bonds. The van der Waals surface area contributed by atoms with Gasteiger partial charge in [-0.05, 0) is 63.0 Å². The van der Waals surface area contributed by atoms with E-state index >= 15 is 0 Å². The molecule has 0 aliphatic carbocycles. The summed E-state index contributed by atoms with van der Waals surface area (Å²) in [7, 11) is 0. The summed E-state index contributed by atoms with van der Waals surface area (Å²) in [5.41, 5.74) is 11.5. The number of carbonyl (C=O) groups excluding carboxylic acids is 3. The summed E-state index contributed by atoms with van der Waals surface area (Å²) in [6, 6.07) is -3.31. The van der Waals surface area contributed by atoms with E-state index in [2.05, 4.69) is 10.6 Å². The van der Waals surface area contributed by atoms with Crippen molar-refractivity contribution in [2.45, 2.75) is 76.5 Å². The monoisotopic (exact) mass is 473 g/mol. The molecule has 4 atom stereocenters. The molecule has 1 aliphatic heterocycles. The maximum Gasteiger partial charge on any atom is 0.326 e. The number of carboxylic acid groups (broad SMARTS) is 1. The Hall–Kier alpha value is -1.85. The normalized spacial score (nSPS) is 18.8. The standard InChI is InChI=1S/C21H39N5O5S/c1-13(2)17(21(30)31)25-19(28)16-8-6-11-26(16)20(29)15(7-4-5-10-22)24-18(27)14(23)9-12-32-3/h13-17H,4-12,22-23H2,1-3H3,(H,24,27)(H,25,28)(H,30,31). The number of unbranched alkanes of at least 4 members (excludes halogenated alkanes) is 1. The second-order valence-corrected chi connectivity index (χ2v) is 9.48. The molecule has 0 aromatic heterocycles. The van der Waals surface area contributed by atoms with Crippen molar-refractivity contribution in [3.63, 3.8) is 0 Å². The third-order valence-electron chi connectivity index (χ3n) is 5.60. The molecule has 0 bridgehead atoms. The Kier molecular flexibility index (Phi) is 12.6. The van der Waals surface area contributed by atoms with Crippen molar-refractivity contribution in [3.8, 4) is 0 Å². The van der Waals surface area contributed by atoms with Crippen LogP contribution in [0, 0.1) is 5.92 Å². The van der Waals surface area contributed by atoms with Crippen LogP contribution in [-0.4, -0.2) is 83.0 Å². The molecular formula is C21H39N5O5S. The molecule has 1 fully saturated rings. The van der Waals surface area contributed by atoms with Crippen LogP contribution in [0.1, 0.15) is 52.4 Å². The van der Waals surface area contributed by atoms with Crippen LogP contribution in [0.4, 0.5) is 0 Å². The number of nitrogens with zero attached hydrogens (tertiary/aromatic N) is 1. The van der Waals surface area contributed by atoms with Gasteiger partial charge in [-0.1, -0.05) is 13.8 Å². The second kappa shape index (κ2) is 14.3. The number of carbonyl (C=O) groups is 4. The highest BCUT2D eigenvalue weighted by atomic mass is 32.2. The molecular weight excluding hydrogens is 434 g/mol. The van der Waals surface area contributed by atoms with Crippen LogP contribution >= 0.6 is 11.8 Å². The number of hydrogen-bond donors (Lipinski definition) is 5. The minimum atomic E-state index is -1.12. The van der Waals surface area contributed by atoms with Crippen molar-refractivity contribution in [2.24, 2.45) is 17.4 Å². The molecule has 0 aromatic rings. The number of rotatable bonds is 14. The molecule has 0 saturated carbocycles. The van der Waals surface area contributed by atoms with Crippen LogP contribution in [-0.2, 0) is 19.2 Å².